The molecule has 6 atom stereocenters. The van der Waals surface area contributed by atoms with Crippen LogP contribution in [0.1, 0.15) is 42.7 Å². The van der Waals surface area contributed by atoms with Crippen molar-refractivity contribution in [1.82, 2.24) is 9.91 Å². The Labute approximate surface area is 328 Å². The number of nitrogens with zero attached hydrogens (tertiary/aromatic N) is 2. The molecule has 2 saturated heterocycles. The van der Waals surface area contributed by atoms with Gasteiger partial charge in [-0.15, -0.1) is 0 Å². The van der Waals surface area contributed by atoms with Crippen molar-refractivity contribution in [3.8, 4) is 17.2 Å². The molecule has 0 spiro atoms. The lowest BCUT2D eigenvalue weighted by atomic mass is 9.49. The summed E-state index contributed by atoms with van der Waals surface area (Å²) in [6.07, 6.45) is 2.08. The van der Waals surface area contributed by atoms with Crippen molar-refractivity contribution in [2.45, 2.75) is 37.0 Å². The largest absolute Gasteiger partial charge is 0.504 e. The Morgan fingerprint density at radius 1 is 0.981 bits per heavy atom. The van der Waals surface area contributed by atoms with Crippen molar-refractivity contribution in [2.24, 2.45) is 23.7 Å². The van der Waals surface area contributed by atoms with E-state index in [2.05, 4.69) is 5.43 Å². The molecule has 0 aromatic heterocycles. The van der Waals surface area contributed by atoms with Gasteiger partial charge >= 0.3 is 5.97 Å². The minimum Gasteiger partial charge on any atom is -0.504 e. The van der Waals surface area contributed by atoms with E-state index in [1.165, 1.54) is 20.3 Å². The first kappa shape index (κ1) is 37.0. The summed E-state index contributed by atoms with van der Waals surface area (Å²) in [5.41, 5.74) is 3.42. The molecule has 3 N–H and O–H groups in total. The maximum atomic E-state index is 15.4. The number of benzene rings is 3. The number of ether oxygens (including phenoxy) is 2. The van der Waals surface area contributed by atoms with E-state index in [0.717, 1.165) is 9.91 Å². The highest BCUT2D eigenvalue weighted by Gasteiger charge is 2.70. The number of halogens is 3. The van der Waals surface area contributed by atoms with Crippen LogP contribution < -0.4 is 14.9 Å². The number of aromatic hydroxyl groups is 1. The average molecular weight is 875 g/mol. The third kappa shape index (κ3) is 5.91. The Morgan fingerprint density at radius 3 is 2.38 bits per heavy atom. The van der Waals surface area contributed by atoms with E-state index < -0.39 is 58.7 Å². The van der Waals surface area contributed by atoms with Crippen LogP contribution in [0.5, 0.6) is 17.2 Å². The summed E-state index contributed by atoms with van der Waals surface area (Å²) in [5, 5.41) is 21.6. The van der Waals surface area contributed by atoms with Gasteiger partial charge in [0.25, 0.3) is 11.8 Å². The zero-order valence-corrected chi connectivity index (χ0v) is 32.1. The van der Waals surface area contributed by atoms with E-state index in [1.54, 1.807) is 48.5 Å². The zero-order chi connectivity index (χ0) is 37.9. The predicted octanol–water partition coefficient (Wildman–Crippen LogP) is 6.17. The number of phenolic OH excluding ortho intramolecular Hbond substituents is 1. The van der Waals surface area contributed by atoms with Crippen molar-refractivity contribution < 1.29 is 43.7 Å². The van der Waals surface area contributed by atoms with Crippen molar-refractivity contribution in [2.75, 3.05) is 26.2 Å². The number of carboxylic acid groups (broad SMARTS) is 1. The number of likely N-dealkylation sites (tertiary alicyclic amines) is 1. The first-order valence-electron chi connectivity index (χ1n) is 16.9. The van der Waals surface area contributed by atoms with Crippen LogP contribution in [0.15, 0.2) is 66.2 Å². The van der Waals surface area contributed by atoms with Crippen molar-refractivity contribution in [3.05, 3.63) is 91.0 Å². The number of nitrogens with one attached hydrogen (secondary N) is 1. The predicted molar refractivity (Wildman–Crippen MR) is 202 cm³/mol. The first-order valence-corrected chi connectivity index (χ1v) is 18.7. The molecule has 1 saturated carbocycles. The topological polar surface area (TPSA) is 163 Å². The fourth-order valence-electron chi connectivity index (χ4n) is 8.81. The number of hydrazine groups is 1. The van der Waals surface area contributed by atoms with Crippen LogP contribution in [0.2, 0.25) is 10.0 Å². The lowest BCUT2D eigenvalue weighted by Gasteiger charge is -2.50. The minimum atomic E-state index is -1.59. The highest BCUT2D eigenvalue weighted by molar-refractivity contribution is 14.1. The number of hydrogen-bond donors (Lipinski definition) is 3. The maximum absolute atomic E-state index is 15.4. The van der Waals surface area contributed by atoms with Crippen LogP contribution in [-0.4, -0.2) is 70.5 Å². The standard InChI is InChI=1S/C38H34Cl2IN3O9/c1-52-21-8-5-19(6-9-21)38-25(35(49)44(37(38)51)42-28-12-7-20(39)16-26(28)40)17-24-22(32(38)18-14-27(41)33(47)29(15-18)53-2)10-11-23-31(24)36(50)43(34(23)48)13-3-4-30(45)46/h5-10,12,14-16,23-25,31-32,42,47H,3-4,11,13,17H2,1-2H3,(H,45,46)/t23-,24+,25-,31-,32-,38+/m0/s1. The van der Waals surface area contributed by atoms with E-state index in [-0.39, 0.29) is 60.3 Å². The van der Waals surface area contributed by atoms with Crippen LogP contribution in [0, 0.1) is 27.2 Å². The minimum absolute atomic E-state index is 0.0357. The summed E-state index contributed by atoms with van der Waals surface area (Å²) in [7, 11) is 2.94. The molecule has 12 nitrogen and oxygen atoms in total. The molecule has 276 valence electrons. The van der Waals surface area contributed by atoms with Gasteiger partial charge in [-0.2, -0.15) is 5.01 Å². The summed E-state index contributed by atoms with van der Waals surface area (Å²) in [6, 6.07) is 15.0. The van der Waals surface area contributed by atoms with Crippen LogP contribution >= 0.6 is 45.8 Å². The van der Waals surface area contributed by atoms with Gasteiger partial charge in [0.15, 0.2) is 11.5 Å². The number of hydrogen-bond acceptors (Lipinski definition) is 9. The number of carboxylic acids is 1. The number of rotatable bonds is 10. The molecule has 53 heavy (non-hydrogen) atoms. The zero-order valence-electron chi connectivity index (χ0n) is 28.5. The van der Waals surface area contributed by atoms with Gasteiger partial charge < -0.3 is 19.7 Å². The second-order valence-electron chi connectivity index (χ2n) is 13.6. The number of imide groups is 2. The second-order valence-corrected chi connectivity index (χ2v) is 15.6. The smallest absolute Gasteiger partial charge is 0.303 e. The van der Waals surface area contributed by atoms with E-state index in [9.17, 15) is 29.4 Å². The van der Waals surface area contributed by atoms with E-state index in [4.69, 9.17) is 32.7 Å². The molecule has 0 radical (unpaired) electrons. The van der Waals surface area contributed by atoms with Gasteiger partial charge in [0.1, 0.15) is 5.75 Å². The fraction of sp³-hybridized carbons (Fsp3) is 0.342. The Kier molecular flexibility index (Phi) is 9.87. The average Bonchev–Trinajstić information content (AvgIpc) is 3.50. The molecule has 3 aromatic rings. The SMILES string of the molecule is COc1ccc([C@@]23C(=O)N(Nc4ccc(Cl)cc4Cl)C(=O)[C@@H]2C[C@@H]2C(=CC[C@@H]4C(=O)N(CCCC(=O)O)C(=O)[C@@H]42)[C@@H]3c2cc(I)c(O)c(OC)c2)cc1. The van der Waals surface area contributed by atoms with Gasteiger partial charge in [-0.1, -0.05) is 47.0 Å². The van der Waals surface area contributed by atoms with E-state index >= 15 is 4.79 Å². The molecule has 7 rings (SSSR count). The van der Waals surface area contributed by atoms with E-state index in [1.807, 2.05) is 28.7 Å². The number of carbonyl (C=O) groups is 5. The summed E-state index contributed by atoms with van der Waals surface area (Å²) in [4.78, 5) is 70.6. The van der Waals surface area contributed by atoms with Crippen molar-refractivity contribution in [1.29, 1.82) is 0 Å². The molecule has 2 aliphatic carbocycles. The molecule has 3 fully saturated rings. The lowest BCUT2D eigenvalue weighted by Crippen LogP contribution is -2.53. The first-order chi connectivity index (χ1) is 25.3. The number of phenols is 1. The molecule has 0 unspecified atom stereocenters. The lowest BCUT2D eigenvalue weighted by molar-refractivity contribution is -0.142. The number of carbonyl (C=O) groups excluding carboxylic acids is 4. The molecule has 0 bridgehead atoms. The highest BCUT2D eigenvalue weighted by atomic mass is 127. The van der Waals surface area contributed by atoms with Crippen molar-refractivity contribution >= 4 is 81.1 Å². The summed E-state index contributed by atoms with van der Waals surface area (Å²) < 4.78 is 11.5. The number of amides is 4. The fourth-order valence-corrected chi connectivity index (χ4v) is 9.88. The molecule has 3 aromatic carbocycles. The second kappa shape index (κ2) is 14.1. The van der Waals surface area contributed by atoms with Gasteiger partial charge in [0.2, 0.25) is 11.8 Å². The maximum Gasteiger partial charge on any atom is 0.303 e. The highest BCUT2D eigenvalue weighted by Crippen LogP contribution is 2.64. The molecule has 4 aliphatic rings. The monoisotopic (exact) mass is 873 g/mol. The molecule has 2 heterocycles. The number of anilines is 1. The molecular weight excluding hydrogens is 840 g/mol. The van der Waals surface area contributed by atoms with Crippen LogP contribution in [0.3, 0.4) is 0 Å². The summed E-state index contributed by atoms with van der Waals surface area (Å²) in [6.45, 7) is -0.0357. The normalized spacial score (nSPS) is 26.2. The summed E-state index contributed by atoms with van der Waals surface area (Å²) >= 11 is 14.7. The number of allylic oxidation sites excluding steroid dienone is 2. The van der Waals surface area contributed by atoms with Crippen LogP contribution in [0.4, 0.5) is 5.69 Å². The van der Waals surface area contributed by atoms with Crippen LogP contribution in [0.25, 0.3) is 0 Å². The van der Waals surface area contributed by atoms with Gasteiger partial charge in [-0.05, 0) is 101 Å². The third-order valence-corrected chi connectivity index (χ3v) is 12.4. The molecule has 15 heteroatoms. The van der Waals surface area contributed by atoms with Crippen LogP contribution in [-0.2, 0) is 29.4 Å². The Balaban J connectivity index is 1.44. The van der Waals surface area contributed by atoms with Gasteiger partial charge in [0.05, 0.1) is 51.7 Å². The molecular formula is C38H34Cl2IN3O9. The molecule has 2 aliphatic heterocycles. The van der Waals surface area contributed by atoms with Gasteiger partial charge in [0, 0.05) is 23.9 Å². The van der Waals surface area contributed by atoms with Gasteiger partial charge in [-0.3, -0.25) is 34.3 Å². The molecule has 4 amide bonds. The Bertz CT molecular complexity index is 2090. The van der Waals surface area contributed by atoms with Crippen molar-refractivity contribution in [3.63, 3.8) is 0 Å². The number of fused-ring (bicyclic) bond motifs is 4. The third-order valence-electron chi connectivity index (χ3n) is 11.0. The quantitative estimate of drug-likeness (QED) is 0.122. The number of methoxy groups -OCH3 is 2. The number of aliphatic carboxylic acids is 1. The van der Waals surface area contributed by atoms with E-state index in [0.29, 0.717) is 31.0 Å². The Morgan fingerprint density at radius 2 is 1.72 bits per heavy atom. The Hall–Kier alpha value is -4.34. The summed E-state index contributed by atoms with van der Waals surface area (Å²) in [5.74, 6) is -6.47. The van der Waals surface area contributed by atoms with Gasteiger partial charge in [-0.25, -0.2) is 0 Å².